The van der Waals surface area contributed by atoms with Crippen LogP contribution in [0.25, 0.3) is 0 Å². The Labute approximate surface area is 162 Å². The van der Waals surface area contributed by atoms with Gasteiger partial charge in [0.2, 0.25) is 0 Å². The predicted octanol–water partition coefficient (Wildman–Crippen LogP) is 4.82. The van der Waals surface area contributed by atoms with Crippen LogP contribution >= 0.6 is 11.6 Å². The zero-order valence-electron chi connectivity index (χ0n) is 14.7. The summed E-state index contributed by atoms with van der Waals surface area (Å²) in [7, 11) is 0. The van der Waals surface area contributed by atoms with E-state index in [4.69, 9.17) is 22.1 Å². The molecule has 3 aromatic carbocycles. The lowest BCUT2D eigenvalue weighted by Gasteiger charge is -2.09. The Bertz CT molecular complexity index is 1000. The highest BCUT2D eigenvalue weighted by molar-refractivity contribution is 6.36. The molecule has 0 aliphatic rings. The number of carbonyl (C=O) groups is 2. The minimum absolute atomic E-state index is 0.0587. The normalized spacial score (nSPS) is 10.4. The van der Waals surface area contributed by atoms with Crippen LogP contribution in [0, 0.1) is 6.92 Å². The monoisotopic (exact) mass is 379 g/mol. The average molecular weight is 380 g/mol. The molecule has 0 aromatic heterocycles. The van der Waals surface area contributed by atoms with E-state index < -0.39 is 11.9 Å². The fraction of sp³-hybridized carbons (Fsp3) is 0.0909. The average Bonchev–Trinajstić information content (AvgIpc) is 2.64. The standard InChI is InChI=1S/C22H18ClNO3/c1-14-12-16(13-15-6-3-2-4-7-15)10-11-17(14)21(25)27-22(26)18-8-5-9-19(24)20(18)23/h2-12H,13,24H2,1H3. The summed E-state index contributed by atoms with van der Waals surface area (Å²) in [6.07, 6.45) is 0.759. The van der Waals surface area contributed by atoms with Gasteiger partial charge in [0, 0.05) is 0 Å². The summed E-state index contributed by atoms with van der Waals surface area (Å²) in [5, 5.41) is 0.0743. The number of rotatable bonds is 4. The van der Waals surface area contributed by atoms with Gasteiger partial charge in [0.15, 0.2) is 0 Å². The van der Waals surface area contributed by atoms with E-state index in [9.17, 15) is 9.59 Å². The lowest BCUT2D eigenvalue weighted by molar-refractivity contribution is 0.0397. The first-order valence-corrected chi connectivity index (χ1v) is 8.77. The Kier molecular flexibility index (Phi) is 5.57. The maximum absolute atomic E-state index is 12.4. The van der Waals surface area contributed by atoms with Crippen molar-refractivity contribution in [2.24, 2.45) is 0 Å². The smallest absolute Gasteiger partial charge is 0.347 e. The molecule has 0 heterocycles. The van der Waals surface area contributed by atoms with E-state index in [1.54, 1.807) is 18.2 Å². The van der Waals surface area contributed by atoms with Crippen LogP contribution in [0.15, 0.2) is 66.7 Å². The number of hydrogen-bond donors (Lipinski definition) is 1. The quantitative estimate of drug-likeness (QED) is 0.401. The highest BCUT2D eigenvalue weighted by atomic mass is 35.5. The number of aryl methyl sites for hydroxylation is 1. The predicted molar refractivity (Wildman–Crippen MR) is 106 cm³/mol. The highest BCUT2D eigenvalue weighted by Gasteiger charge is 2.20. The maximum Gasteiger partial charge on any atom is 0.347 e. The Morgan fingerprint density at radius 1 is 0.889 bits per heavy atom. The van der Waals surface area contributed by atoms with E-state index >= 15 is 0 Å². The first-order valence-electron chi connectivity index (χ1n) is 8.39. The molecule has 0 amide bonds. The molecule has 0 saturated carbocycles. The molecule has 0 bridgehead atoms. The van der Waals surface area contributed by atoms with Gasteiger partial charge in [-0.2, -0.15) is 0 Å². The van der Waals surface area contributed by atoms with Crippen molar-refractivity contribution < 1.29 is 14.3 Å². The Hall–Kier alpha value is -3.11. The van der Waals surface area contributed by atoms with Gasteiger partial charge in [-0.15, -0.1) is 0 Å². The van der Waals surface area contributed by atoms with Crippen molar-refractivity contribution in [3.8, 4) is 0 Å². The summed E-state index contributed by atoms with van der Waals surface area (Å²) < 4.78 is 4.98. The SMILES string of the molecule is Cc1cc(Cc2ccccc2)ccc1C(=O)OC(=O)c1cccc(N)c1Cl. The van der Waals surface area contributed by atoms with Gasteiger partial charge < -0.3 is 10.5 Å². The zero-order chi connectivity index (χ0) is 19.4. The Balaban J connectivity index is 1.75. The summed E-state index contributed by atoms with van der Waals surface area (Å²) in [5.41, 5.74) is 9.31. The van der Waals surface area contributed by atoms with Crippen LogP contribution in [0.2, 0.25) is 5.02 Å². The van der Waals surface area contributed by atoms with Crippen LogP contribution in [0.5, 0.6) is 0 Å². The van der Waals surface area contributed by atoms with Crippen LogP contribution < -0.4 is 5.73 Å². The largest absolute Gasteiger partial charge is 0.398 e. The van der Waals surface area contributed by atoms with Crippen LogP contribution in [-0.4, -0.2) is 11.9 Å². The molecule has 2 N–H and O–H groups in total. The number of hydrogen-bond acceptors (Lipinski definition) is 4. The zero-order valence-corrected chi connectivity index (χ0v) is 15.5. The van der Waals surface area contributed by atoms with Crippen molar-refractivity contribution in [2.45, 2.75) is 13.3 Å². The van der Waals surface area contributed by atoms with Crippen molar-refractivity contribution in [2.75, 3.05) is 5.73 Å². The molecule has 5 heteroatoms. The lowest BCUT2D eigenvalue weighted by Crippen LogP contribution is -2.15. The van der Waals surface area contributed by atoms with E-state index in [1.807, 2.05) is 49.4 Å². The van der Waals surface area contributed by atoms with Crippen LogP contribution in [-0.2, 0) is 11.2 Å². The molecule has 0 fully saturated rings. The number of halogens is 1. The van der Waals surface area contributed by atoms with Gasteiger partial charge in [-0.25, -0.2) is 9.59 Å². The molecule has 27 heavy (non-hydrogen) atoms. The Morgan fingerprint density at radius 3 is 2.30 bits per heavy atom. The number of anilines is 1. The fourth-order valence-electron chi connectivity index (χ4n) is 2.80. The van der Waals surface area contributed by atoms with E-state index in [0.717, 1.165) is 17.5 Å². The summed E-state index contributed by atoms with van der Waals surface area (Å²) >= 11 is 6.01. The van der Waals surface area contributed by atoms with Crippen molar-refractivity contribution in [1.82, 2.24) is 0 Å². The second-order valence-corrected chi connectivity index (χ2v) is 6.58. The summed E-state index contributed by atoms with van der Waals surface area (Å²) in [4.78, 5) is 24.6. The van der Waals surface area contributed by atoms with Crippen molar-refractivity contribution in [3.63, 3.8) is 0 Å². The molecule has 136 valence electrons. The van der Waals surface area contributed by atoms with Crippen molar-refractivity contribution in [3.05, 3.63) is 99.6 Å². The minimum atomic E-state index is -0.829. The second-order valence-electron chi connectivity index (χ2n) is 6.20. The van der Waals surface area contributed by atoms with Gasteiger partial charge >= 0.3 is 11.9 Å². The van der Waals surface area contributed by atoms with Gasteiger partial charge in [-0.05, 0) is 48.2 Å². The third kappa shape index (κ3) is 4.36. The van der Waals surface area contributed by atoms with Gasteiger partial charge in [-0.3, -0.25) is 0 Å². The van der Waals surface area contributed by atoms with Crippen molar-refractivity contribution >= 4 is 29.2 Å². The number of carbonyl (C=O) groups excluding carboxylic acids is 2. The molecular weight excluding hydrogens is 362 g/mol. The summed E-state index contributed by atoms with van der Waals surface area (Å²) in [6, 6.07) is 20.1. The Morgan fingerprint density at radius 2 is 1.59 bits per heavy atom. The number of benzene rings is 3. The number of ether oxygens (including phenoxy) is 1. The summed E-state index contributed by atoms with van der Waals surface area (Å²) in [6.45, 7) is 1.81. The third-order valence-corrected chi connectivity index (χ3v) is 4.62. The number of esters is 2. The van der Waals surface area contributed by atoms with Crippen molar-refractivity contribution in [1.29, 1.82) is 0 Å². The van der Waals surface area contributed by atoms with E-state index in [-0.39, 0.29) is 16.3 Å². The second kappa shape index (κ2) is 8.06. The van der Waals surface area contributed by atoms with Gasteiger partial charge in [0.05, 0.1) is 21.8 Å². The first kappa shape index (κ1) is 18.7. The molecule has 0 radical (unpaired) electrons. The third-order valence-electron chi connectivity index (χ3n) is 4.20. The topological polar surface area (TPSA) is 69.4 Å². The van der Waals surface area contributed by atoms with Crippen LogP contribution in [0.4, 0.5) is 5.69 Å². The molecule has 4 nitrogen and oxygen atoms in total. The maximum atomic E-state index is 12.4. The fourth-order valence-corrected chi connectivity index (χ4v) is 3.00. The summed E-state index contributed by atoms with van der Waals surface area (Å²) in [5.74, 6) is -1.55. The molecule has 3 aromatic rings. The number of nitrogens with two attached hydrogens (primary N) is 1. The molecule has 0 spiro atoms. The number of nitrogen functional groups attached to an aromatic ring is 1. The molecule has 0 saturated heterocycles. The highest BCUT2D eigenvalue weighted by Crippen LogP contribution is 2.24. The van der Waals surface area contributed by atoms with Gasteiger partial charge in [-0.1, -0.05) is 60.1 Å². The molecule has 3 rings (SSSR count). The van der Waals surface area contributed by atoms with E-state index in [1.165, 1.54) is 11.6 Å². The minimum Gasteiger partial charge on any atom is -0.398 e. The molecule has 0 atom stereocenters. The van der Waals surface area contributed by atoms with E-state index in [0.29, 0.717) is 5.56 Å². The van der Waals surface area contributed by atoms with Crippen LogP contribution in [0.1, 0.15) is 37.4 Å². The molecular formula is C22H18ClNO3. The van der Waals surface area contributed by atoms with Gasteiger partial charge in [0.1, 0.15) is 0 Å². The lowest BCUT2D eigenvalue weighted by atomic mass is 10.00. The van der Waals surface area contributed by atoms with Crippen LogP contribution in [0.3, 0.4) is 0 Å². The first-order chi connectivity index (χ1) is 13.0. The molecule has 0 aliphatic carbocycles. The molecule has 0 unspecified atom stereocenters. The molecule has 0 aliphatic heterocycles. The van der Waals surface area contributed by atoms with E-state index in [2.05, 4.69) is 0 Å². The van der Waals surface area contributed by atoms with Gasteiger partial charge in [0.25, 0.3) is 0 Å².